The second kappa shape index (κ2) is 6.90. The third-order valence-electron chi connectivity index (χ3n) is 2.14. The summed E-state index contributed by atoms with van der Waals surface area (Å²) in [5.74, 6) is 0.448. The molecule has 0 aromatic rings. The van der Waals surface area contributed by atoms with Crippen LogP contribution in [0.3, 0.4) is 0 Å². The van der Waals surface area contributed by atoms with Crippen molar-refractivity contribution in [1.29, 1.82) is 0 Å². The van der Waals surface area contributed by atoms with Crippen molar-refractivity contribution in [3.05, 3.63) is 24.3 Å². The van der Waals surface area contributed by atoms with Crippen molar-refractivity contribution in [2.24, 2.45) is 5.92 Å². The van der Waals surface area contributed by atoms with E-state index >= 15 is 0 Å². The first-order valence-corrected chi connectivity index (χ1v) is 5.08. The molecular formula is C12H22O. The summed E-state index contributed by atoms with van der Waals surface area (Å²) in [7, 11) is 0. The van der Waals surface area contributed by atoms with Gasteiger partial charge in [-0.25, -0.2) is 0 Å². The summed E-state index contributed by atoms with van der Waals surface area (Å²) in [6.07, 6.45) is 7.03. The average Bonchev–Trinajstić information content (AvgIpc) is 2.02. The Morgan fingerprint density at radius 2 is 1.92 bits per heavy atom. The molecule has 0 rings (SSSR count). The molecule has 0 aromatic carbocycles. The Kier molecular flexibility index (Phi) is 6.61. The summed E-state index contributed by atoms with van der Waals surface area (Å²) in [4.78, 5) is 0. The maximum Gasteiger partial charge on any atom is 0.0724 e. The van der Waals surface area contributed by atoms with Gasteiger partial charge in [0.1, 0.15) is 0 Å². The fraction of sp³-hybridized carbons (Fsp3) is 0.667. The minimum atomic E-state index is -0.302. The molecule has 0 heterocycles. The Balaban J connectivity index is 3.97. The van der Waals surface area contributed by atoms with Crippen LogP contribution in [-0.2, 0) is 0 Å². The smallest absolute Gasteiger partial charge is 0.0724 e. The second-order valence-corrected chi connectivity index (χ2v) is 3.75. The van der Waals surface area contributed by atoms with Crippen LogP contribution in [0.4, 0.5) is 0 Å². The van der Waals surface area contributed by atoms with Crippen LogP contribution in [0.1, 0.15) is 40.0 Å². The van der Waals surface area contributed by atoms with E-state index in [2.05, 4.69) is 26.5 Å². The maximum absolute atomic E-state index is 9.45. The van der Waals surface area contributed by atoms with Gasteiger partial charge in [-0.15, -0.1) is 6.58 Å². The number of unbranched alkanes of at least 4 members (excludes halogenated alkanes) is 2. The molecule has 76 valence electrons. The van der Waals surface area contributed by atoms with E-state index in [1.54, 1.807) is 0 Å². The van der Waals surface area contributed by atoms with Crippen LogP contribution in [0.15, 0.2) is 24.3 Å². The van der Waals surface area contributed by atoms with Crippen LogP contribution in [0.5, 0.6) is 0 Å². The zero-order valence-electron chi connectivity index (χ0n) is 9.09. The summed E-state index contributed by atoms with van der Waals surface area (Å²) >= 11 is 0. The molecular weight excluding hydrogens is 160 g/mol. The molecule has 0 amide bonds. The monoisotopic (exact) mass is 182 g/mol. The molecule has 0 aromatic heterocycles. The van der Waals surface area contributed by atoms with E-state index in [0.29, 0.717) is 5.92 Å². The Bertz CT molecular complexity index is 156. The Morgan fingerprint density at radius 3 is 2.31 bits per heavy atom. The van der Waals surface area contributed by atoms with Gasteiger partial charge in [0, 0.05) is 0 Å². The number of hydrogen-bond acceptors (Lipinski definition) is 1. The van der Waals surface area contributed by atoms with Gasteiger partial charge < -0.3 is 5.11 Å². The van der Waals surface area contributed by atoms with Crippen LogP contribution in [0.25, 0.3) is 0 Å². The van der Waals surface area contributed by atoms with Gasteiger partial charge in [0.15, 0.2) is 0 Å². The molecule has 1 nitrogen and oxygen atoms in total. The van der Waals surface area contributed by atoms with Crippen LogP contribution in [-0.4, -0.2) is 11.2 Å². The van der Waals surface area contributed by atoms with Gasteiger partial charge >= 0.3 is 0 Å². The van der Waals surface area contributed by atoms with Crippen molar-refractivity contribution in [3.8, 4) is 0 Å². The maximum atomic E-state index is 9.45. The summed E-state index contributed by atoms with van der Waals surface area (Å²) < 4.78 is 0. The normalized spacial score (nSPS) is 14.7. The zero-order chi connectivity index (χ0) is 10.3. The lowest BCUT2D eigenvalue weighted by atomic mass is 9.97. The van der Waals surface area contributed by atoms with Gasteiger partial charge in [-0.1, -0.05) is 26.0 Å². The van der Waals surface area contributed by atoms with Crippen LogP contribution in [0.2, 0.25) is 0 Å². The van der Waals surface area contributed by atoms with E-state index in [0.717, 1.165) is 24.8 Å². The van der Waals surface area contributed by atoms with Crippen molar-refractivity contribution < 1.29 is 5.11 Å². The first-order valence-electron chi connectivity index (χ1n) is 5.08. The number of aliphatic hydroxyl groups excluding tert-OH is 1. The molecule has 1 atom stereocenters. The minimum Gasteiger partial charge on any atom is -0.389 e. The lowest BCUT2D eigenvalue weighted by Crippen LogP contribution is -2.10. The van der Waals surface area contributed by atoms with Crippen molar-refractivity contribution in [2.75, 3.05) is 0 Å². The predicted molar refractivity (Wildman–Crippen MR) is 58.6 cm³/mol. The standard InChI is InChI=1S/C12H22O/c1-5-6-7-8-9-12(10(2)3)11(4)13/h5,9-11,13H,1,6-8H2,2-4H3/b12-9+. The van der Waals surface area contributed by atoms with Gasteiger partial charge in [0.2, 0.25) is 0 Å². The van der Waals surface area contributed by atoms with E-state index in [1.165, 1.54) is 0 Å². The fourth-order valence-corrected chi connectivity index (χ4v) is 1.42. The molecule has 0 radical (unpaired) electrons. The molecule has 1 heteroatoms. The Morgan fingerprint density at radius 1 is 1.31 bits per heavy atom. The molecule has 0 saturated carbocycles. The minimum absolute atomic E-state index is 0.302. The highest BCUT2D eigenvalue weighted by Crippen LogP contribution is 2.15. The molecule has 1 N–H and O–H groups in total. The topological polar surface area (TPSA) is 20.2 Å². The molecule has 0 aliphatic carbocycles. The van der Waals surface area contributed by atoms with Gasteiger partial charge in [-0.3, -0.25) is 0 Å². The zero-order valence-corrected chi connectivity index (χ0v) is 9.09. The quantitative estimate of drug-likeness (QED) is 0.493. The molecule has 1 unspecified atom stereocenters. The van der Waals surface area contributed by atoms with Gasteiger partial charge in [-0.2, -0.15) is 0 Å². The molecule has 0 bridgehead atoms. The number of hydrogen-bond donors (Lipinski definition) is 1. The average molecular weight is 182 g/mol. The molecule has 0 saturated heterocycles. The summed E-state index contributed by atoms with van der Waals surface area (Å²) in [6.45, 7) is 9.74. The van der Waals surface area contributed by atoms with E-state index in [-0.39, 0.29) is 6.10 Å². The van der Waals surface area contributed by atoms with Crippen molar-refractivity contribution >= 4 is 0 Å². The molecule has 0 spiro atoms. The summed E-state index contributed by atoms with van der Waals surface area (Å²) in [6, 6.07) is 0. The summed E-state index contributed by atoms with van der Waals surface area (Å²) in [5.41, 5.74) is 1.16. The SMILES string of the molecule is C=CCCC/C=C(\C(C)C)C(C)O. The van der Waals surface area contributed by atoms with Crippen molar-refractivity contribution in [3.63, 3.8) is 0 Å². The number of aliphatic hydroxyl groups is 1. The lowest BCUT2D eigenvalue weighted by molar-refractivity contribution is 0.219. The third-order valence-corrected chi connectivity index (χ3v) is 2.14. The molecule has 13 heavy (non-hydrogen) atoms. The van der Waals surface area contributed by atoms with Gasteiger partial charge in [0.25, 0.3) is 0 Å². The molecule has 0 aliphatic rings. The highest BCUT2D eigenvalue weighted by molar-refractivity contribution is 5.09. The Labute approximate surface area is 82.2 Å². The van der Waals surface area contributed by atoms with E-state index in [1.807, 2.05) is 13.0 Å². The van der Waals surface area contributed by atoms with Crippen molar-refractivity contribution in [2.45, 2.75) is 46.1 Å². The van der Waals surface area contributed by atoms with E-state index in [9.17, 15) is 5.11 Å². The molecule has 0 aliphatic heterocycles. The summed E-state index contributed by atoms with van der Waals surface area (Å²) in [5, 5.41) is 9.45. The van der Waals surface area contributed by atoms with Crippen LogP contribution in [0, 0.1) is 5.92 Å². The fourth-order valence-electron chi connectivity index (χ4n) is 1.42. The largest absolute Gasteiger partial charge is 0.389 e. The number of rotatable bonds is 6. The second-order valence-electron chi connectivity index (χ2n) is 3.75. The van der Waals surface area contributed by atoms with Crippen LogP contribution < -0.4 is 0 Å². The van der Waals surface area contributed by atoms with E-state index < -0.39 is 0 Å². The van der Waals surface area contributed by atoms with Gasteiger partial charge in [-0.05, 0) is 37.7 Å². The predicted octanol–water partition coefficient (Wildman–Crippen LogP) is 3.31. The van der Waals surface area contributed by atoms with Crippen LogP contribution >= 0.6 is 0 Å². The first kappa shape index (κ1) is 12.4. The van der Waals surface area contributed by atoms with Gasteiger partial charge in [0.05, 0.1) is 6.10 Å². The number of allylic oxidation sites excluding steroid dienone is 2. The van der Waals surface area contributed by atoms with Crippen molar-refractivity contribution in [1.82, 2.24) is 0 Å². The first-order chi connectivity index (χ1) is 6.09. The van der Waals surface area contributed by atoms with E-state index in [4.69, 9.17) is 0 Å². The highest BCUT2D eigenvalue weighted by atomic mass is 16.3. The molecule has 0 fully saturated rings. The highest BCUT2D eigenvalue weighted by Gasteiger charge is 2.07. The Hall–Kier alpha value is -0.560. The third kappa shape index (κ3) is 5.64. The lowest BCUT2D eigenvalue weighted by Gasteiger charge is -2.14.